The molecule has 0 bridgehead atoms. The molecule has 1 aromatic carbocycles. The largest absolute Gasteiger partial charge is 0.268 e. The zero-order valence-corrected chi connectivity index (χ0v) is 8.36. The van der Waals surface area contributed by atoms with E-state index in [4.69, 9.17) is 0 Å². The van der Waals surface area contributed by atoms with Gasteiger partial charge in [0.1, 0.15) is 0 Å². The van der Waals surface area contributed by atoms with Gasteiger partial charge in [-0.15, -0.1) is 9.24 Å². The highest BCUT2D eigenvalue weighted by molar-refractivity contribution is 7.28. The van der Waals surface area contributed by atoms with Gasteiger partial charge >= 0.3 is 0 Å². The van der Waals surface area contributed by atoms with E-state index in [9.17, 15) is 0 Å². The Morgan fingerprint density at radius 3 is 2.83 bits per heavy atom. The third-order valence-electron chi connectivity index (χ3n) is 2.09. The molecule has 0 spiro atoms. The Kier molecular flexibility index (Phi) is 1.66. The van der Waals surface area contributed by atoms with E-state index in [-0.39, 0.29) is 0 Å². The van der Waals surface area contributed by atoms with Crippen molar-refractivity contribution in [3.63, 3.8) is 0 Å². The lowest BCUT2D eigenvalue weighted by Crippen LogP contribution is -1.92. The summed E-state index contributed by atoms with van der Waals surface area (Å²) in [6.45, 7) is 2.04. The Hall–Kier alpha value is -0.880. The van der Waals surface area contributed by atoms with Crippen molar-refractivity contribution in [2.24, 2.45) is 7.05 Å². The van der Waals surface area contributed by atoms with Gasteiger partial charge in [-0.2, -0.15) is 5.10 Å². The van der Waals surface area contributed by atoms with Gasteiger partial charge in [0.15, 0.2) is 0 Å². The molecule has 0 aliphatic rings. The number of benzene rings is 1. The maximum atomic E-state index is 4.35. The van der Waals surface area contributed by atoms with Gasteiger partial charge in [-0.05, 0) is 18.3 Å². The van der Waals surface area contributed by atoms with Crippen LogP contribution in [0.5, 0.6) is 0 Å². The molecule has 0 amide bonds. The summed E-state index contributed by atoms with van der Waals surface area (Å²) in [6, 6.07) is 6.22. The van der Waals surface area contributed by atoms with Crippen LogP contribution in [0.3, 0.4) is 0 Å². The van der Waals surface area contributed by atoms with Gasteiger partial charge in [0.2, 0.25) is 0 Å². The Balaban J connectivity index is 2.99. The number of aryl methyl sites for hydroxylation is 2. The zero-order chi connectivity index (χ0) is 8.72. The number of hydrogen-bond donors (Lipinski definition) is 0. The molecule has 2 nitrogen and oxygen atoms in total. The fourth-order valence-electron chi connectivity index (χ4n) is 1.55. The van der Waals surface area contributed by atoms with Crippen LogP contribution in [0.15, 0.2) is 18.2 Å². The molecule has 2 rings (SSSR count). The highest BCUT2D eigenvalue weighted by Gasteiger charge is 2.05. The van der Waals surface area contributed by atoms with Crippen LogP contribution in [-0.2, 0) is 7.05 Å². The molecule has 0 N–H and O–H groups in total. The van der Waals surface area contributed by atoms with Gasteiger partial charge in [0, 0.05) is 12.4 Å². The summed E-state index contributed by atoms with van der Waals surface area (Å²) >= 11 is 0. The molecule has 0 fully saturated rings. The highest BCUT2D eigenvalue weighted by Crippen LogP contribution is 2.16. The van der Waals surface area contributed by atoms with E-state index in [1.165, 1.54) is 16.2 Å². The van der Waals surface area contributed by atoms with E-state index in [1.807, 2.05) is 24.7 Å². The van der Waals surface area contributed by atoms with Crippen molar-refractivity contribution >= 4 is 25.4 Å². The van der Waals surface area contributed by atoms with Gasteiger partial charge < -0.3 is 0 Å². The minimum absolute atomic E-state index is 1.10. The van der Waals surface area contributed by atoms with E-state index in [0.717, 1.165) is 5.69 Å². The van der Waals surface area contributed by atoms with E-state index in [2.05, 4.69) is 26.5 Å². The summed E-state index contributed by atoms with van der Waals surface area (Å²) in [7, 11) is 4.71. The lowest BCUT2D eigenvalue weighted by molar-refractivity contribution is 0.783. The van der Waals surface area contributed by atoms with Gasteiger partial charge in [-0.25, -0.2) is 0 Å². The number of nitrogens with zero attached hydrogens (tertiary/aromatic N) is 2. The Morgan fingerprint density at radius 2 is 2.17 bits per heavy atom. The van der Waals surface area contributed by atoms with Crippen LogP contribution in [0.2, 0.25) is 0 Å². The Morgan fingerprint density at radius 1 is 1.42 bits per heavy atom. The molecular weight excluding hydrogens is 167 g/mol. The molecule has 1 atom stereocenters. The maximum absolute atomic E-state index is 4.35. The minimum atomic E-state index is 1.10. The lowest BCUT2D eigenvalue weighted by Gasteiger charge is -1.95. The molecule has 1 aromatic heterocycles. The van der Waals surface area contributed by atoms with E-state index in [0.29, 0.717) is 0 Å². The standard InChI is InChI=1S/C9H11N2P/c1-6-9-7(11(2)10-6)4-3-5-8(9)12/h3-5H,12H2,1-2H3. The van der Waals surface area contributed by atoms with Crippen LogP contribution < -0.4 is 5.30 Å². The molecule has 0 aliphatic carbocycles. The number of aromatic nitrogens is 2. The summed E-state index contributed by atoms with van der Waals surface area (Å²) in [6.07, 6.45) is 0. The van der Waals surface area contributed by atoms with Crippen molar-refractivity contribution < 1.29 is 0 Å². The van der Waals surface area contributed by atoms with Gasteiger partial charge in [0.05, 0.1) is 11.2 Å². The normalized spacial score (nSPS) is 10.9. The summed E-state index contributed by atoms with van der Waals surface area (Å²) < 4.78 is 1.91. The van der Waals surface area contributed by atoms with Crippen molar-refractivity contribution in [1.82, 2.24) is 9.78 Å². The fourth-order valence-corrected chi connectivity index (χ4v) is 2.02. The zero-order valence-electron chi connectivity index (χ0n) is 7.20. The third-order valence-corrected chi connectivity index (χ3v) is 2.57. The van der Waals surface area contributed by atoms with Gasteiger partial charge in [0.25, 0.3) is 0 Å². The number of rotatable bonds is 0. The number of hydrogen-bond acceptors (Lipinski definition) is 1. The first-order valence-corrected chi connectivity index (χ1v) is 4.45. The second kappa shape index (κ2) is 2.56. The van der Waals surface area contributed by atoms with Gasteiger partial charge in [-0.1, -0.05) is 12.1 Å². The van der Waals surface area contributed by atoms with Crippen molar-refractivity contribution in [2.75, 3.05) is 0 Å². The summed E-state index contributed by atoms with van der Waals surface area (Å²) in [5.41, 5.74) is 2.29. The van der Waals surface area contributed by atoms with Crippen molar-refractivity contribution in [2.45, 2.75) is 6.92 Å². The van der Waals surface area contributed by atoms with Gasteiger partial charge in [-0.3, -0.25) is 4.68 Å². The SMILES string of the molecule is Cc1nn(C)c2cccc(P)c12. The highest BCUT2D eigenvalue weighted by atomic mass is 31.0. The molecule has 1 heterocycles. The lowest BCUT2D eigenvalue weighted by atomic mass is 10.2. The second-order valence-corrected chi connectivity index (χ2v) is 3.57. The van der Waals surface area contributed by atoms with Crippen molar-refractivity contribution in [1.29, 1.82) is 0 Å². The van der Waals surface area contributed by atoms with Crippen LogP contribution in [0, 0.1) is 6.92 Å². The molecule has 2 aromatic rings. The average molecular weight is 178 g/mol. The van der Waals surface area contributed by atoms with E-state index in [1.54, 1.807) is 0 Å². The molecule has 0 radical (unpaired) electrons. The first-order chi connectivity index (χ1) is 5.70. The Labute approximate surface area is 73.8 Å². The monoisotopic (exact) mass is 178 g/mol. The Bertz CT molecular complexity index is 431. The first-order valence-electron chi connectivity index (χ1n) is 3.88. The minimum Gasteiger partial charge on any atom is -0.268 e. The van der Waals surface area contributed by atoms with Crippen LogP contribution >= 0.6 is 9.24 Å². The van der Waals surface area contributed by atoms with E-state index < -0.39 is 0 Å². The molecule has 0 saturated heterocycles. The summed E-state index contributed by atoms with van der Waals surface area (Å²) in [4.78, 5) is 0. The predicted molar refractivity (Wildman–Crippen MR) is 54.8 cm³/mol. The molecule has 0 aliphatic heterocycles. The molecule has 12 heavy (non-hydrogen) atoms. The van der Waals surface area contributed by atoms with Crippen molar-refractivity contribution in [3.05, 3.63) is 23.9 Å². The molecular formula is C9H11N2P. The smallest absolute Gasteiger partial charge is 0.0688 e. The second-order valence-electron chi connectivity index (χ2n) is 2.95. The van der Waals surface area contributed by atoms with Crippen LogP contribution in [0.25, 0.3) is 10.9 Å². The predicted octanol–water partition coefficient (Wildman–Crippen LogP) is 1.38. The van der Waals surface area contributed by atoms with Crippen LogP contribution in [0.1, 0.15) is 5.69 Å². The molecule has 1 unspecified atom stereocenters. The van der Waals surface area contributed by atoms with E-state index >= 15 is 0 Å². The molecule has 62 valence electrons. The molecule has 0 saturated carbocycles. The molecule has 3 heteroatoms. The van der Waals surface area contributed by atoms with Crippen LogP contribution in [-0.4, -0.2) is 9.78 Å². The fraction of sp³-hybridized carbons (Fsp3) is 0.222. The summed E-state index contributed by atoms with van der Waals surface area (Å²) in [5, 5.41) is 6.83. The average Bonchev–Trinajstić information content (AvgIpc) is 2.29. The summed E-state index contributed by atoms with van der Waals surface area (Å²) in [5.74, 6) is 0. The first kappa shape index (κ1) is 7.75. The van der Waals surface area contributed by atoms with Crippen molar-refractivity contribution in [3.8, 4) is 0 Å². The maximum Gasteiger partial charge on any atom is 0.0688 e. The van der Waals surface area contributed by atoms with Crippen LogP contribution in [0.4, 0.5) is 0 Å². The topological polar surface area (TPSA) is 17.8 Å². The quantitative estimate of drug-likeness (QED) is 0.557. The third kappa shape index (κ3) is 0.953. The number of fused-ring (bicyclic) bond motifs is 1.